The van der Waals surface area contributed by atoms with E-state index in [-0.39, 0.29) is 0 Å². The van der Waals surface area contributed by atoms with Crippen LogP contribution in [0.5, 0.6) is 0 Å². The maximum Gasteiger partial charge on any atom is 0.227 e. The van der Waals surface area contributed by atoms with Crippen LogP contribution in [0.4, 0.5) is 0 Å². The highest BCUT2D eigenvalue weighted by atomic mass is 32.1. The first-order valence-corrected chi connectivity index (χ1v) is 7.37. The molecular formula is C15H16N2O2S. The van der Waals surface area contributed by atoms with E-state index in [4.69, 9.17) is 9.15 Å². The molecule has 0 saturated heterocycles. The second kappa shape index (κ2) is 6.17. The van der Waals surface area contributed by atoms with Crippen LogP contribution in [0.3, 0.4) is 0 Å². The summed E-state index contributed by atoms with van der Waals surface area (Å²) < 4.78 is 11.8. The minimum Gasteiger partial charge on any atom is -0.444 e. The molecule has 104 valence electrons. The van der Waals surface area contributed by atoms with E-state index in [1.165, 1.54) is 10.1 Å². The van der Waals surface area contributed by atoms with Crippen molar-refractivity contribution >= 4 is 21.4 Å². The van der Waals surface area contributed by atoms with Gasteiger partial charge in [0.25, 0.3) is 0 Å². The zero-order chi connectivity index (χ0) is 13.8. The van der Waals surface area contributed by atoms with Crippen molar-refractivity contribution in [3.63, 3.8) is 0 Å². The summed E-state index contributed by atoms with van der Waals surface area (Å²) in [4.78, 5) is 4.54. The van der Waals surface area contributed by atoms with E-state index >= 15 is 0 Å². The average molecular weight is 288 g/mol. The fourth-order valence-corrected chi connectivity index (χ4v) is 2.98. The molecule has 2 heterocycles. The molecule has 3 rings (SSSR count). The van der Waals surface area contributed by atoms with Gasteiger partial charge in [0.05, 0.1) is 17.9 Å². The number of methoxy groups -OCH3 is 1. The Hall–Kier alpha value is -1.69. The molecule has 0 bridgehead atoms. The van der Waals surface area contributed by atoms with E-state index in [0.29, 0.717) is 19.0 Å². The number of nitrogens with one attached hydrogen (secondary N) is 1. The van der Waals surface area contributed by atoms with Crippen molar-refractivity contribution in [2.75, 3.05) is 20.3 Å². The van der Waals surface area contributed by atoms with Gasteiger partial charge in [-0.15, -0.1) is 11.3 Å². The van der Waals surface area contributed by atoms with Crippen LogP contribution in [0.15, 0.2) is 40.3 Å². The van der Waals surface area contributed by atoms with Gasteiger partial charge < -0.3 is 14.5 Å². The summed E-state index contributed by atoms with van der Waals surface area (Å²) >= 11 is 1.71. The number of hydrogen-bond donors (Lipinski definition) is 1. The molecule has 20 heavy (non-hydrogen) atoms. The molecule has 0 atom stereocenters. The highest BCUT2D eigenvalue weighted by Crippen LogP contribution is 2.33. The Morgan fingerprint density at radius 3 is 3.15 bits per heavy atom. The van der Waals surface area contributed by atoms with Crippen molar-refractivity contribution in [2.24, 2.45) is 0 Å². The number of hydrogen-bond acceptors (Lipinski definition) is 5. The maximum atomic E-state index is 5.60. The summed E-state index contributed by atoms with van der Waals surface area (Å²) in [5.74, 6) is 0.686. The maximum absolute atomic E-state index is 5.60. The largest absolute Gasteiger partial charge is 0.444 e. The monoisotopic (exact) mass is 288 g/mol. The highest BCUT2D eigenvalue weighted by Gasteiger charge is 2.11. The van der Waals surface area contributed by atoms with E-state index < -0.39 is 0 Å². The first kappa shape index (κ1) is 13.3. The molecule has 0 saturated carbocycles. The number of ether oxygens (including phenoxy) is 1. The third kappa shape index (κ3) is 2.75. The van der Waals surface area contributed by atoms with Crippen LogP contribution in [-0.2, 0) is 11.3 Å². The number of oxazole rings is 1. The second-order valence-electron chi connectivity index (χ2n) is 4.46. The minimum absolute atomic E-state index is 0.686. The summed E-state index contributed by atoms with van der Waals surface area (Å²) in [6.07, 6.45) is 1.71. The van der Waals surface area contributed by atoms with Crippen molar-refractivity contribution in [1.29, 1.82) is 0 Å². The lowest BCUT2D eigenvalue weighted by Gasteiger charge is -1.99. The van der Waals surface area contributed by atoms with Gasteiger partial charge in [0.1, 0.15) is 6.26 Å². The van der Waals surface area contributed by atoms with Gasteiger partial charge in [0.15, 0.2) is 0 Å². The third-order valence-corrected chi connectivity index (χ3v) is 4.02. The topological polar surface area (TPSA) is 47.3 Å². The van der Waals surface area contributed by atoms with Crippen molar-refractivity contribution in [3.8, 4) is 11.5 Å². The molecule has 3 aromatic rings. The fourth-order valence-electron chi connectivity index (χ4n) is 2.05. The molecule has 0 aliphatic carbocycles. The van der Waals surface area contributed by atoms with Crippen molar-refractivity contribution in [1.82, 2.24) is 10.3 Å². The van der Waals surface area contributed by atoms with Crippen LogP contribution in [-0.4, -0.2) is 25.2 Å². The van der Waals surface area contributed by atoms with E-state index in [1.807, 2.05) is 12.1 Å². The fraction of sp³-hybridized carbons (Fsp3) is 0.267. The second-order valence-corrected chi connectivity index (χ2v) is 5.37. The minimum atomic E-state index is 0.686. The lowest BCUT2D eigenvalue weighted by Crippen LogP contribution is -2.18. The summed E-state index contributed by atoms with van der Waals surface area (Å²) in [5.41, 5.74) is 1.97. The van der Waals surface area contributed by atoms with Gasteiger partial charge in [-0.05, 0) is 6.07 Å². The lowest BCUT2D eigenvalue weighted by molar-refractivity contribution is 0.199. The normalized spacial score (nSPS) is 11.2. The predicted molar refractivity (Wildman–Crippen MR) is 80.9 cm³/mol. The first-order chi connectivity index (χ1) is 9.88. The SMILES string of the molecule is COCCNCc1coc(-c2csc3ccccc23)n1. The number of thiophene rings is 1. The molecule has 0 radical (unpaired) electrons. The smallest absolute Gasteiger partial charge is 0.227 e. The number of rotatable bonds is 6. The first-order valence-electron chi connectivity index (χ1n) is 6.49. The molecule has 0 fully saturated rings. The Bertz CT molecular complexity index is 690. The Kier molecular flexibility index (Phi) is 4.11. The molecule has 0 amide bonds. The summed E-state index contributed by atoms with van der Waals surface area (Å²) in [5, 5.41) is 6.54. The number of fused-ring (bicyclic) bond motifs is 1. The molecule has 0 unspecified atom stereocenters. The van der Waals surface area contributed by atoms with Gasteiger partial charge in [-0.2, -0.15) is 0 Å². The zero-order valence-corrected chi connectivity index (χ0v) is 12.1. The molecule has 5 heteroatoms. The zero-order valence-electron chi connectivity index (χ0n) is 11.3. The molecule has 0 aliphatic heterocycles. The molecule has 2 aromatic heterocycles. The van der Waals surface area contributed by atoms with Crippen LogP contribution in [0.1, 0.15) is 5.69 Å². The Morgan fingerprint density at radius 1 is 1.35 bits per heavy atom. The van der Waals surface area contributed by atoms with Gasteiger partial charge in [-0.25, -0.2) is 4.98 Å². The van der Waals surface area contributed by atoms with Crippen LogP contribution in [0, 0.1) is 0 Å². The third-order valence-electron chi connectivity index (χ3n) is 3.05. The molecule has 1 N–H and O–H groups in total. The van der Waals surface area contributed by atoms with Crippen molar-refractivity contribution < 1.29 is 9.15 Å². The molecule has 1 aromatic carbocycles. The molecule has 0 spiro atoms. The number of benzene rings is 1. The molecule has 0 aliphatic rings. The summed E-state index contributed by atoms with van der Waals surface area (Å²) in [6, 6.07) is 8.29. The standard InChI is InChI=1S/C15H16N2O2S/c1-18-7-6-16-8-11-9-19-15(17-11)13-10-20-14-5-3-2-4-12(13)14/h2-5,9-10,16H,6-8H2,1H3. The van der Waals surface area contributed by atoms with Gasteiger partial charge in [-0.3, -0.25) is 0 Å². The van der Waals surface area contributed by atoms with Crippen molar-refractivity contribution in [3.05, 3.63) is 41.6 Å². The Balaban J connectivity index is 1.76. The van der Waals surface area contributed by atoms with Crippen LogP contribution in [0.2, 0.25) is 0 Å². The van der Waals surface area contributed by atoms with Crippen LogP contribution < -0.4 is 5.32 Å². The van der Waals surface area contributed by atoms with E-state index in [0.717, 1.165) is 17.8 Å². The van der Waals surface area contributed by atoms with Crippen LogP contribution in [0.25, 0.3) is 21.5 Å². The van der Waals surface area contributed by atoms with Gasteiger partial charge in [-0.1, -0.05) is 18.2 Å². The summed E-state index contributed by atoms with van der Waals surface area (Å²) in [6.45, 7) is 2.19. The Labute approximate surface area is 121 Å². The predicted octanol–water partition coefficient (Wildman–Crippen LogP) is 3.29. The van der Waals surface area contributed by atoms with Gasteiger partial charge >= 0.3 is 0 Å². The van der Waals surface area contributed by atoms with E-state index in [2.05, 4.69) is 27.8 Å². The van der Waals surface area contributed by atoms with Crippen molar-refractivity contribution in [2.45, 2.75) is 6.54 Å². The van der Waals surface area contributed by atoms with Gasteiger partial charge in [0, 0.05) is 35.7 Å². The average Bonchev–Trinajstić information content (AvgIpc) is 3.10. The number of aromatic nitrogens is 1. The highest BCUT2D eigenvalue weighted by molar-refractivity contribution is 7.17. The summed E-state index contributed by atoms with van der Waals surface area (Å²) in [7, 11) is 1.69. The lowest BCUT2D eigenvalue weighted by atomic mass is 10.2. The van der Waals surface area contributed by atoms with E-state index in [9.17, 15) is 0 Å². The number of nitrogens with zero attached hydrogens (tertiary/aromatic N) is 1. The van der Waals surface area contributed by atoms with Gasteiger partial charge in [0.2, 0.25) is 5.89 Å². The Morgan fingerprint density at radius 2 is 2.25 bits per heavy atom. The molecule has 4 nitrogen and oxygen atoms in total. The quantitative estimate of drug-likeness (QED) is 0.707. The molecular weight excluding hydrogens is 272 g/mol. The van der Waals surface area contributed by atoms with E-state index in [1.54, 1.807) is 24.7 Å². The van der Waals surface area contributed by atoms with Crippen LogP contribution >= 0.6 is 11.3 Å².